The molecule has 1 nitrogen and oxygen atoms in total. The summed E-state index contributed by atoms with van der Waals surface area (Å²) < 4.78 is 5.41. The minimum absolute atomic E-state index is 0.528. The lowest BCUT2D eigenvalue weighted by Gasteiger charge is -2.04. The summed E-state index contributed by atoms with van der Waals surface area (Å²) in [6.07, 6.45) is 1.75. The molecule has 1 heterocycles. The molecular formula is C11H12O. The molecule has 0 N–H and O–H groups in total. The van der Waals surface area contributed by atoms with Crippen molar-refractivity contribution in [3.8, 4) is 0 Å². The average Bonchev–Trinajstić information content (AvgIpc) is 2.49. The highest BCUT2D eigenvalue weighted by Crippen LogP contribution is 2.25. The Morgan fingerprint density at radius 3 is 2.75 bits per heavy atom. The predicted octanol–water partition coefficient (Wildman–Crippen LogP) is 3.56. The molecule has 0 saturated heterocycles. The number of fused-ring (bicyclic) bond motifs is 1. The maximum Gasteiger partial charge on any atom is 0.137 e. The van der Waals surface area contributed by atoms with Gasteiger partial charge in [0.25, 0.3) is 0 Å². The Morgan fingerprint density at radius 1 is 1.17 bits per heavy atom. The monoisotopic (exact) mass is 160 g/mol. The quantitative estimate of drug-likeness (QED) is 0.621. The fourth-order valence-electron chi connectivity index (χ4n) is 1.47. The molecule has 0 saturated carbocycles. The lowest BCUT2D eigenvalue weighted by molar-refractivity contribution is 0.607. The van der Waals surface area contributed by atoms with Crippen molar-refractivity contribution < 1.29 is 4.42 Å². The van der Waals surface area contributed by atoms with Crippen molar-refractivity contribution in [2.75, 3.05) is 0 Å². The highest BCUT2D eigenvalue weighted by atomic mass is 16.3. The third-order valence-corrected chi connectivity index (χ3v) is 2.13. The Hall–Kier alpha value is -1.24. The van der Waals surface area contributed by atoms with E-state index in [0.717, 1.165) is 5.58 Å². The maximum atomic E-state index is 5.41. The van der Waals surface area contributed by atoms with Crippen LogP contribution >= 0.6 is 0 Å². The van der Waals surface area contributed by atoms with Gasteiger partial charge in [-0.25, -0.2) is 0 Å². The molecule has 62 valence electrons. The van der Waals surface area contributed by atoms with E-state index in [9.17, 15) is 0 Å². The van der Waals surface area contributed by atoms with Crippen LogP contribution in [0.5, 0.6) is 0 Å². The van der Waals surface area contributed by atoms with Crippen LogP contribution in [0.2, 0.25) is 0 Å². The SMILES string of the molecule is CC(C)c1cccc2ccoc12. The lowest BCUT2D eigenvalue weighted by atomic mass is 10.0. The van der Waals surface area contributed by atoms with Gasteiger partial charge in [-0.15, -0.1) is 0 Å². The van der Waals surface area contributed by atoms with E-state index in [1.165, 1.54) is 10.9 Å². The third kappa shape index (κ3) is 1.02. The Bertz CT molecular complexity index is 385. The molecule has 0 aliphatic heterocycles. The van der Waals surface area contributed by atoms with Crippen LogP contribution in [0.1, 0.15) is 25.3 Å². The van der Waals surface area contributed by atoms with Gasteiger partial charge in [-0.05, 0) is 17.5 Å². The third-order valence-electron chi connectivity index (χ3n) is 2.13. The molecule has 0 unspecified atom stereocenters. The molecule has 0 spiro atoms. The summed E-state index contributed by atoms with van der Waals surface area (Å²) in [5, 5.41) is 1.20. The number of para-hydroxylation sites is 1. The van der Waals surface area contributed by atoms with Crippen molar-refractivity contribution in [3.63, 3.8) is 0 Å². The molecule has 0 fully saturated rings. The van der Waals surface area contributed by atoms with Crippen LogP contribution in [0, 0.1) is 0 Å². The van der Waals surface area contributed by atoms with Crippen molar-refractivity contribution in [3.05, 3.63) is 36.1 Å². The van der Waals surface area contributed by atoms with Crippen LogP contribution in [0.25, 0.3) is 11.0 Å². The van der Waals surface area contributed by atoms with E-state index in [1.807, 2.05) is 6.07 Å². The molecule has 0 aliphatic rings. The lowest BCUT2D eigenvalue weighted by Crippen LogP contribution is -1.86. The van der Waals surface area contributed by atoms with Gasteiger partial charge in [0.1, 0.15) is 5.58 Å². The van der Waals surface area contributed by atoms with Crippen molar-refractivity contribution in [1.29, 1.82) is 0 Å². The van der Waals surface area contributed by atoms with Crippen molar-refractivity contribution in [2.24, 2.45) is 0 Å². The molecule has 2 rings (SSSR count). The Morgan fingerprint density at radius 2 is 2.00 bits per heavy atom. The minimum Gasteiger partial charge on any atom is -0.464 e. The number of rotatable bonds is 1. The van der Waals surface area contributed by atoms with Crippen LogP contribution < -0.4 is 0 Å². The van der Waals surface area contributed by atoms with E-state index in [-0.39, 0.29) is 0 Å². The van der Waals surface area contributed by atoms with Gasteiger partial charge in [0, 0.05) is 5.39 Å². The maximum absolute atomic E-state index is 5.41. The summed E-state index contributed by atoms with van der Waals surface area (Å²) in [6.45, 7) is 4.36. The smallest absolute Gasteiger partial charge is 0.137 e. The van der Waals surface area contributed by atoms with Crippen LogP contribution in [-0.2, 0) is 0 Å². The summed E-state index contributed by atoms with van der Waals surface area (Å²) in [5.74, 6) is 0.528. The molecule has 12 heavy (non-hydrogen) atoms. The first-order valence-corrected chi connectivity index (χ1v) is 4.25. The minimum atomic E-state index is 0.528. The summed E-state index contributed by atoms with van der Waals surface area (Å²) in [5.41, 5.74) is 2.32. The van der Waals surface area contributed by atoms with Gasteiger partial charge in [0.15, 0.2) is 0 Å². The van der Waals surface area contributed by atoms with Crippen molar-refractivity contribution in [2.45, 2.75) is 19.8 Å². The Labute approximate surface area is 72.0 Å². The van der Waals surface area contributed by atoms with Gasteiger partial charge in [0.05, 0.1) is 6.26 Å². The molecule has 0 aliphatic carbocycles. The van der Waals surface area contributed by atoms with Gasteiger partial charge in [0.2, 0.25) is 0 Å². The molecular weight excluding hydrogens is 148 g/mol. The van der Waals surface area contributed by atoms with E-state index < -0.39 is 0 Å². The van der Waals surface area contributed by atoms with E-state index in [2.05, 4.69) is 32.0 Å². The van der Waals surface area contributed by atoms with Crippen LogP contribution in [-0.4, -0.2) is 0 Å². The van der Waals surface area contributed by atoms with Gasteiger partial charge in [-0.1, -0.05) is 32.0 Å². The number of furan rings is 1. The van der Waals surface area contributed by atoms with Crippen molar-refractivity contribution in [1.82, 2.24) is 0 Å². The second kappa shape index (κ2) is 2.67. The second-order valence-electron chi connectivity index (χ2n) is 3.34. The first-order valence-electron chi connectivity index (χ1n) is 4.25. The molecule has 0 bridgehead atoms. The molecule has 0 radical (unpaired) electrons. The Kier molecular flexibility index (Phi) is 1.65. The standard InChI is InChI=1S/C11H12O/c1-8(2)10-5-3-4-9-6-7-12-11(9)10/h3-8H,1-2H3. The zero-order chi connectivity index (χ0) is 8.55. The fraction of sp³-hybridized carbons (Fsp3) is 0.273. The molecule has 1 aromatic carbocycles. The van der Waals surface area contributed by atoms with Crippen molar-refractivity contribution >= 4 is 11.0 Å². The van der Waals surface area contributed by atoms with E-state index in [0.29, 0.717) is 5.92 Å². The predicted molar refractivity (Wildman–Crippen MR) is 50.3 cm³/mol. The first-order chi connectivity index (χ1) is 5.79. The van der Waals surface area contributed by atoms with Gasteiger partial charge in [-0.3, -0.25) is 0 Å². The first kappa shape index (κ1) is 7.41. The number of hydrogen-bond acceptors (Lipinski definition) is 1. The fourth-order valence-corrected chi connectivity index (χ4v) is 1.47. The van der Waals surface area contributed by atoms with Gasteiger partial charge in [-0.2, -0.15) is 0 Å². The molecule has 1 aromatic heterocycles. The van der Waals surface area contributed by atoms with E-state index in [1.54, 1.807) is 6.26 Å². The number of hydrogen-bond donors (Lipinski definition) is 0. The topological polar surface area (TPSA) is 13.1 Å². The van der Waals surface area contributed by atoms with Gasteiger partial charge >= 0.3 is 0 Å². The van der Waals surface area contributed by atoms with E-state index in [4.69, 9.17) is 4.42 Å². The average molecular weight is 160 g/mol. The largest absolute Gasteiger partial charge is 0.464 e. The van der Waals surface area contributed by atoms with Gasteiger partial charge < -0.3 is 4.42 Å². The number of benzene rings is 1. The second-order valence-corrected chi connectivity index (χ2v) is 3.34. The highest BCUT2D eigenvalue weighted by molar-refractivity contribution is 5.80. The normalized spacial score (nSPS) is 11.2. The molecule has 0 atom stereocenters. The molecule has 1 heteroatoms. The van der Waals surface area contributed by atoms with Crippen LogP contribution in [0.15, 0.2) is 34.9 Å². The van der Waals surface area contributed by atoms with E-state index >= 15 is 0 Å². The Balaban J connectivity index is 2.73. The molecule has 2 aromatic rings. The van der Waals surface area contributed by atoms with Crippen LogP contribution in [0.3, 0.4) is 0 Å². The zero-order valence-electron chi connectivity index (χ0n) is 7.37. The van der Waals surface area contributed by atoms with Crippen LogP contribution in [0.4, 0.5) is 0 Å². The molecule has 0 amide bonds. The highest BCUT2D eigenvalue weighted by Gasteiger charge is 2.06. The zero-order valence-corrected chi connectivity index (χ0v) is 7.37. The summed E-state index contributed by atoms with van der Waals surface area (Å²) >= 11 is 0. The summed E-state index contributed by atoms with van der Waals surface area (Å²) in [7, 11) is 0. The summed E-state index contributed by atoms with van der Waals surface area (Å²) in [4.78, 5) is 0. The summed E-state index contributed by atoms with van der Waals surface area (Å²) in [6, 6.07) is 8.27.